The van der Waals surface area contributed by atoms with E-state index < -0.39 is 12.1 Å². The standard InChI is InChI=1S/C22H31NO6/c1-5-16(24)14-8-6-9-15-18-12(2)20(21-19(27-4)13(3)22(25)29-21)28-17(18)10-7-11-23(14,15)26/h10,12,14-16,18,24H,5-9,11H2,1-4H3/b21-20-/t12-,14+,15-,16+,18+,23?/m0/s1. The maximum atomic E-state index is 14.1. The summed E-state index contributed by atoms with van der Waals surface area (Å²) >= 11 is 0. The zero-order chi connectivity index (χ0) is 20.9. The number of carbonyl (C=O) groups is 1. The van der Waals surface area contributed by atoms with Gasteiger partial charge in [0.15, 0.2) is 11.5 Å². The summed E-state index contributed by atoms with van der Waals surface area (Å²) in [4.78, 5) is 12.1. The quantitative estimate of drug-likeness (QED) is 0.441. The van der Waals surface area contributed by atoms with E-state index in [1.54, 1.807) is 6.92 Å². The number of quaternary nitrogens is 1. The number of aliphatic hydroxyl groups excluding tert-OH is 1. The van der Waals surface area contributed by atoms with Gasteiger partial charge in [0.05, 0.1) is 31.2 Å². The third-order valence-corrected chi connectivity index (χ3v) is 7.21. The zero-order valence-corrected chi connectivity index (χ0v) is 17.6. The molecule has 0 spiro atoms. The average Bonchev–Trinajstić information content (AvgIpc) is 3.11. The molecule has 0 aromatic carbocycles. The second kappa shape index (κ2) is 7.45. The van der Waals surface area contributed by atoms with Crippen molar-refractivity contribution in [3.05, 3.63) is 39.9 Å². The minimum Gasteiger partial charge on any atom is -0.632 e. The van der Waals surface area contributed by atoms with Crippen LogP contribution in [0, 0.1) is 17.0 Å². The number of ether oxygens (including phenoxy) is 3. The normalized spacial score (nSPS) is 40.5. The molecular formula is C22H31NO6. The minimum atomic E-state index is -0.589. The Morgan fingerprint density at radius 1 is 1.38 bits per heavy atom. The lowest BCUT2D eigenvalue weighted by Gasteiger charge is -2.58. The Balaban J connectivity index is 1.74. The van der Waals surface area contributed by atoms with Crippen LogP contribution in [0.5, 0.6) is 0 Å². The second-order valence-corrected chi connectivity index (χ2v) is 8.67. The van der Waals surface area contributed by atoms with Crippen molar-refractivity contribution in [1.29, 1.82) is 0 Å². The Hall–Kier alpha value is -1.83. The van der Waals surface area contributed by atoms with E-state index in [4.69, 9.17) is 14.2 Å². The zero-order valence-electron chi connectivity index (χ0n) is 17.6. The van der Waals surface area contributed by atoms with Gasteiger partial charge in [-0.25, -0.2) is 4.79 Å². The first kappa shape index (κ1) is 20.4. The van der Waals surface area contributed by atoms with Gasteiger partial charge >= 0.3 is 5.97 Å². The van der Waals surface area contributed by atoms with E-state index in [0.717, 1.165) is 25.0 Å². The number of aliphatic hydroxyl groups is 1. The van der Waals surface area contributed by atoms with Gasteiger partial charge in [0.1, 0.15) is 17.9 Å². The molecule has 2 fully saturated rings. The van der Waals surface area contributed by atoms with Crippen LogP contribution < -0.4 is 0 Å². The monoisotopic (exact) mass is 405 g/mol. The maximum Gasteiger partial charge on any atom is 0.343 e. The number of methoxy groups -OCH3 is 1. The van der Waals surface area contributed by atoms with Crippen LogP contribution in [-0.2, 0) is 19.0 Å². The summed E-state index contributed by atoms with van der Waals surface area (Å²) in [7, 11) is 1.51. The molecule has 4 aliphatic rings. The van der Waals surface area contributed by atoms with Gasteiger partial charge in [0.25, 0.3) is 0 Å². The van der Waals surface area contributed by atoms with Crippen molar-refractivity contribution in [2.45, 2.75) is 71.1 Å². The Labute approximate surface area is 171 Å². The molecule has 4 heterocycles. The summed E-state index contributed by atoms with van der Waals surface area (Å²) in [5, 5.41) is 24.7. The predicted octanol–water partition coefficient (Wildman–Crippen LogP) is 3.25. The third-order valence-electron chi connectivity index (χ3n) is 7.21. The fraction of sp³-hybridized carbons (Fsp3) is 0.682. The number of hydrogen-bond donors (Lipinski definition) is 1. The van der Waals surface area contributed by atoms with Crippen molar-refractivity contribution in [1.82, 2.24) is 0 Å². The Morgan fingerprint density at radius 3 is 2.83 bits per heavy atom. The lowest BCUT2D eigenvalue weighted by atomic mass is 9.79. The SMILES string of the molecule is CC[C@@H](O)[C@H]1CCC[C@H]2[C@@H]3C(=CCC[N+]12[O-])O/C(=C1\OC(=O)C(C)=C1OC)[C@H]3C. The van der Waals surface area contributed by atoms with E-state index in [1.807, 2.05) is 19.9 Å². The lowest BCUT2D eigenvalue weighted by Crippen LogP contribution is -2.65. The van der Waals surface area contributed by atoms with Crippen LogP contribution in [0.3, 0.4) is 0 Å². The van der Waals surface area contributed by atoms with Gasteiger partial charge in [-0.2, -0.15) is 0 Å². The Morgan fingerprint density at radius 2 is 2.14 bits per heavy atom. The molecule has 7 heteroatoms. The van der Waals surface area contributed by atoms with Crippen molar-refractivity contribution < 1.29 is 28.8 Å². The molecule has 6 atom stereocenters. The summed E-state index contributed by atoms with van der Waals surface area (Å²) in [6.07, 6.45) is 5.11. The van der Waals surface area contributed by atoms with Gasteiger partial charge in [0, 0.05) is 25.2 Å². The van der Waals surface area contributed by atoms with Crippen LogP contribution in [0.4, 0.5) is 0 Å². The topological polar surface area (TPSA) is 88.0 Å². The number of piperidine rings is 1. The molecule has 2 saturated heterocycles. The van der Waals surface area contributed by atoms with E-state index in [1.165, 1.54) is 7.11 Å². The molecule has 0 saturated carbocycles. The van der Waals surface area contributed by atoms with Crippen LogP contribution in [0.25, 0.3) is 0 Å². The molecule has 0 bridgehead atoms. The van der Waals surface area contributed by atoms with Crippen LogP contribution in [0.2, 0.25) is 0 Å². The highest BCUT2D eigenvalue weighted by molar-refractivity contribution is 5.93. The van der Waals surface area contributed by atoms with E-state index in [2.05, 4.69) is 0 Å². The van der Waals surface area contributed by atoms with Gasteiger partial charge in [-0.1, -0.05) is 13.8 Å². The molecule has 1 unspecified atom stereocenters. The van der Waals surface area contributed by atoms with Gasteiger partial charge in [-0.15, -0.1) is 0 Å². The number of nitrogens with zero attached hydrogens (tertiary/aromatic N) is 1. The molecule has 0 amide bonds. The number of rotatable bonds is 3. The summed E-state index contributed by atoms with van der Waals surface area (Å²) in [5.74, 6) is 1.45. The highest BCUT2D eigenvalue weighted by Crippen LogP contribution is 2.51. The van der Waals surface area contributed by atoms with Gasteiger partial charge in [-0.3, -0.25) is 0 Å². The highest BCUT2D eigenvalue weighted by Gasteiger charge is 2.54. The van der Waals surface area contributed by atoms with Gasteiger partial charge in [0.2, 0.25) is 5.76 Å². The molecule has 160 valence electrons. The second-order valence-electron chi connectivity index (χ2n) is 8.67. The molecule has 1 N–H and O–H groups in total. The molecule has 0 radical (unpaired) electrons. The number of hydroxylamine groups is 3. The number of carbonyl (C=O) groups excluding carboxylic acids is 1. The summed E-state index contributed by atoms with van der Waals surface area (Å²) in [6, 6.07) is -0.471. The number of cyclic esters (lactones) is 1. The summed E-state index contributed by atoms with van der Waals surface area (Å²) in [6.45, 7) is 6.09. The number of allylic oxidation sites excluding steroid dienone is 1. The first-order valence-electron chi connectivity index (χ1n) is 10.7. The largest absolute Gasteiger partial charge is 0.632 e. The molecule has 0 aromatic heterocycles. The number of fused-ring (bicyclic) bond motifs is 3. The predicted molar refractivity (Wildman–Crippen MR) is 105 cm³/mol. The lowest BCUT2D eigenvalue weighted by molar-refractivity contribution is -0.940. The first-order valence-corrected chi connectivity index (χ1v) is 10.7. The van der Waals surface area contributed by atoms with E-state index in [-0.39, 0.29) is 28.6 Å². The van der Waals surface area contributed by atoms with Crippen molar-refractivity contribution in [2.75, 3.05) is 13.7 Å². The average molecular weight is 405 g/mol. The fourth-order valence-electron chi connectivity index (χ4n) is 5.70. The first-order chi connectivity index (χ1) is 13.8. The van der Waals surface area contributed by atoms with Crippen LogP contribution >= 0.6 is 0 Å². The molecule has 0 aromatic rings. The number of esters is 1. The molecule has 7 nitrogen and oxygen atoms in total. The van der Waals surface area contributed by atoms with Gasteiger partial charge in [-0.05, 0) is 25.8 Å². The highest BCUT2D eigenvalue weighted by atomic mass is 16.6. The smallest absolute Gasteiger partial charge is 0.343 e. The van der Waals surface area contributed by atoms with Crippen LogP contribution in [-0.4, -0.2) is 47.6 Å². The third kappa shape index (κ3) is 3.02. The molecule has 4 aliphatic heterocycles. The van der Waals surface area contributed by atoms with Crippen LogP contribution in [0.1, 0.15) is 52.9 Å². The molecule has 0 aliphatic carbocycles. The van der Waals surface area contributed by atoms with Crippen molar-refractivity contribution in [3.63, 3.8) is 0 Å². The van der Waals surface area contributed by atoms with E-state index in [0.29, 0.717) is 42.2 Å². The summed E-state index contributed by atoms with van der Waals surface area (Å²) in [5.41, 5.74) is 0.421. The Kier molecular flexibility index (Phi) is 5.25. The maximum absolute atomic E-state index is 14.1. The summed E-state index contributed by atoms with van der Waals surface area (Å²) < 4.78 is 16.8. The Bertz CT molecular complexity index is 799. The fourth-order valence-corrected chi connectivity index (χ4v) is 5.70. The van der Waals surface area contributed by atoms with E-state index in [9.17, 15) is 15.1 Å². The van der Waals surface area contributed by atoms with Crippen molar-refractivity contribution in [3.8, 4) is 0 Å². The molecule has 29 heavy (non-hydrogen) atoms. The van der Waals surface area contributed by atoms with Gasteiger partial charge < -0.3 is 29.2 Å². The molecule has 4 rings (SSSR count). The minimum absolute atomic E-state index is 0.0953. The van der Waals surface area contributed by atoms with Crippen molar-refractivity contribution in [2.24, 2.45) is 11.8 Å². The van der Waals surface area contributed by atoms with Crippen molar-refractivity contribution >= 4 is 5.97 Å². The van der Waals surface area contributed by atoms with E-state index >= 15 is 0 Å². The molecular weight excluding hydrogens is 374 g/mol. The number of hydrogen-bond acceptors (Lipinski definition) is 6. The van der Waals surface area contributed by atoms with Crippen LogP contribution in [0.15, 0.2) is 34.7 Å².